The van der Waals surface area contributed by atoms with Crippen molar-refractivity contribution in [3.63, 3.8) is 0 Å². The minimum Gasteiger partial charge on any atom is -0.504 e. The highest BCUT2D eigenvalue weighted by molar-refractivity contribution is 5.76. The number of aromatic nitrogens is 1. The molecule has 0 aliphatic rings. The Morgan fingerprint density at radius 1 is 1.10 bits per heavy atom. The highest BCUT2D eigenvalue weighted by atomic mass is 16.4. The van der Waals surface area contributed by atoms with Gasteiger partial charge in [-0.3, -0.25) is 4.98 Å². The monoisotopic (exact) mass is 288 g/mol. The molecule has 0 spiro atoms. The van der Waals surface area contributed by atoms with Gasteiger partial charge in [0, 0.05) is 17.8 Å². The Hall–Kier alpha value is -3.09. The van der Waals surface area contributed by atoms with Gasteiger partial charge in [0.15, 0.2) is 17.1 Å². The molecule has 5 N–H and O–H groups in total. The number of phenols is 3. The number of aromatic hydroxyl groups is 3. The second-order valence-electron chi connectivity index (χ2n) is 4.52. The summed E-state index contributed by atoms with van der Waals surface area (Å²) in [4.78, 5) is 13.6. The number of oxazole rings is 1. The van der Waals surface area contributed by atoms with Crippen molar-refractivity contribution in [1.82, 2.24) is 4.98 Å². The molecule has 108 valence electrons. The predicted molar refractivity (Wildman–Crippen MR) is 75.6 cm³/mol. The van der Waals surface area contributed by atoms with Gasteiger partial charge in [-0.1, -0.05) is 0 Å². The first-order chi connectivity index (χ1) is 10.0. The molecule has 0 radical (unpaired) electrons. The zero-order valence-corrected chi connectivity index (χ0v) is 10.8. The Bertz CT molecular complexity index is 865. The van der Waals surface area contributed by atoms with Gasteiger partial charge in [-0.2, -0.15) is 0 Å². The Morgan fingerprint density at radius 2 is 1.90 bits per heavy atom. The molecule has 7 heteroatoms. The summed E-state index contributed by atoms with van der Waals surface area (Å²) in [6.45, 7) is 0.229. The summed E-state index contributed by atoms with van der Waals surface area (Å²) in [5, 5.41) is 31.5. The van der Waals surface area contributed by atoms with Crippen molar-refractivity contribution >= 4 is 16.8 Å². The number of aromatic amines is 1. The van der Waals surface area contributed by atoms with Crippen molar-refractivity contribution in [2.75, 3.05) is 5.32 Å². The van der Waals surface area contributed by atoms with E-state index in [1.54, 1.807) is 18.2 Å². The van der Waals surface area contributed by atoms with Gasteiger partial charge in [0.25, 0.3) is 0 Å². The number of benzene rings is 2. The van der Waals surface area contributed by atoms with Crippen molar-refractivity contribution in [1.29, 1.82) is 0 Å². The molecule has 0 unspecified atom stereocenters. The third-order valence-corrected chi connectivity index (χ3v) is 3.12. The summed E-state index contributed by atoms with van der Waals surface area (Å²) >= 11 is 0. The molecule has 0 atom stereocenters. The molecule has 0 saturated carbocycles. The fraction of sp³-hybridized carbons (Fsp3) is 0.0714. The summed E-state index contributed by atoms with van der Waals surface area (Å²) < 4.78 is 4.89. The van der Waals surface area contributed by atoms with Crippen molar-refractivity contribution in [3.8, 4) is 17.2 Å². The zero-order chi connectivity index (χ0) is 15.0. The van der Waals surface area contributed by atoms with Gasteiger partial charge in [-0.25, -0.2) is 4.79 Å². The zero-order valence-electron chi connectivity index (χ0n) is 10.8. The largest absolute Gasteiger partial charge is 0.504 e. The number of anilines is 1. The first-order valence-electron chi connectivity index (χ1n) is 6.14. The van der Waals surface area contributed by atoms with Crippen LogP contribution in [0.15, 0.2) is 39.5 Å². The lowest BCUT2D eigenvalue weighted by Crippen LogP contribution is -1.99. The van der Waals surface area contributed by atoms with Crippen LogP contribution in [0.25, 0.3) is 11.1 Å². The number of H-pyrrole nitrogens is 1. The van der Waals surface area contributed by atoms with Crippen LogP contribution in [0.1, 0.15) is 5.56 Å². The van der Waals surface area contributed by atoms with E-state index in [2.05, 4.69) is 10.3 Å². The Labute approximate surface area is 118 Å². The van der Waals surface area contributed by atoms with E-state index < -0.39 is 11.5 Å². The van der Waals surface area contributed by atoms with E-state index in [0.29, 0.717) is 22.4 Å². The smallest absolute Gasteiger partial charge is 0.417 e. The summed E-state index contributed by atoms with van der Waals surface area (Å²) in [6.07, 6.45) is 0. The molecule has 2 aromatic carbocycles. The maximum Gasteiger partial charge on any atom is 0.417 e. The van der Waals surface area contributed by atoms with E-state index in [1.165, 1.54) is 12.1 Å². The number of hydrogen-bond donors (Lipinski definition) is 5. The number of nitrogens with one attached hydrogen (secondary N) is 2. The molecule has 0 fully saturated rings. The summed E-state index contributed by atoms with van der Waals surface area (Å²) in [5.41, 5.74) is 2.14. The fourth-order valence-corrected chi connectivity index (χ4v) is 2.01. The minimum atomic E-state index is -0.552. The second kappa shape index (κ2) is 4.78. The van der Waals surface area contributed by atoms with Crippen LogP contribution in [0.4, 0.5) is 5.69 Å². The van der Waals surface area contributed by atoms with E-state index in [1.807, 2.05) is 0 Å². The van der Waals surface area contributed by atoms with E-state index in [0.717, 1.165) is 0 Å². The van der Waals surface area contributed by atoms with Gasteiger partial charge < -0.3 is 25.1 Å². The van der Waals surface area contributed by atoms with Crippen molar-refractivity contribution in [2.45, 2.75) is 6.54 Å². The quantitative estimate of drug-likeness (QED) is 0.469. The lowest BCUT2D eigenvalue weighted by Gasteiger charge is -2.10. The summed E-state index contributed by atoms with van der Waals surface area (Å²) in [5.74, 6) is -1.83. The van der Waals surface area contributed by atoms with Crippen molar-refractivity contribution < 1.29 is 19.7 Å². The Kier molecular flexibility index (Phi) is 2.94. The van der Waals surface area contributed by atoms with Crippen molar-refractivity contribution in [3.05, 3.63) is 46.4 Å². The lowest BCUT2D eigenvalue weighted by atomic mass is 10.1. The molecule has 3 rings (SSSR count). The van der Waals surface area contributed by atoms with Gasteiger partial charge in [-0.15, -0.1) is 0 Å². The third-order valence-electron chi connectivity index (χ3n) is 3.12. The van der Waals surface area contributed by atoms with Gasteiger partial charge in [0.2, 0.25) is 5.75 Å². The van der Waals surface area contributed by atoms with Crippen LogP contribution in [0, 0.1) is 0 Å². The fourth-order valence-electron chi connectivity index (χ4n) is 2.01. The molecule has 0 amide bonds. The maximum absolute atomic E-state index is 11.1. The summed E-state index contributed by atoms with van der Waals surface area (Å²) in [6, 6.07) is 7.84. The minimum absolute atomic E-state index is 0.229. The summed E-state index contributed by atoms with van der Waals surface area (Å²) in [7, 11) is 0. The number of fused-ring (bicyclic) bond motifs is 1. The number of phenolic OH excluding ortho intramolecular Hbond substituents is 3. The van der Waals surface area contributed by atoms with E-state index in [4.69, 9.17) is 4.42 Å². The Morgan fingerprint density at radius 3 is 2.71 bits per heavy atom. The first-order valence-corrected chi connectivity index (χ1v) is 6.14. The number of hydrogen-bond acceptors (Lipinski definition) is 6. The standard InChI is InChI=1S/C14H12N2O5/c17-10-3-1-7(12(18)13(10)19)6-15-8-2-4-11-9(5-8)16-14(20)21-11/h1-5,15,17-19H,6H2,(H,16,20). The molecule has 0 aliphatic heterocycles. The SMILES string of the molecule is O=c1[nH]c2cc(NCc3ccc(O)c(O)c3O)ccc2o1. The van der Waals surface area contributed by atoms with Gasteiger partial charge in [0.1, 0.15) is 0 Å². The molecule has 1 heterocycles. The normalized spacial score (nSPS) is 10.9. The molecule has 7 nitrogen and oxygen atoms in total. The Balaban J connectivity index is 1.83. The first kappa shape index (κ1) is 12.9. The molecule has 0 saturated heterocycles. The molecule has 0 aliphatic carbocycles. The van der Waals surface area contributed by atoms with Gasteiger partial charge in [0.05, 0.1) is 5.52 Å². The topological polar surface area (TPSA) is 119 Å². The molecule has 1 aromatic heterocycles. The van der Waals surface area contributed by atoms with Gasteiger partial charge >= 0.3 is 5.76 Å². The second-order valence-corrected chi connectivity index (χ2v) is 4.52. The van der Waals surface area contributed by atoms with Crippen LogP contribution in [0.2, 0.25) is 0 Å². The van der Waals surface area contributed by atoms with Gasteiger partial charge in [-0.05, 0) is 30.3 Å². The third kappa shape index (κ3) is 2.36. The van der Waals surface area contributed by atoms with Crippen LogP contribution >= 0.6 is 0 Å². The predicted octanol–water partition coefficient (Wildman–Crippen LogP) is 1.85. The molecular weight excluding hydrogens is 276 g/mol. The molecule has 3 aromatic rings. The highest BCUT2D eigenvalue weighted by Crippen LogP contribution is 2.37. The van der Waals surface area contributed by atoms with Crippen LogP contribution in [0.5, 0.6) is 17.2 Å². The average Bonchev–Trinajstić information content (AvgIpc) is 2.83. The molecule has 21 heavy (non-hydrogen) atoms. The van der Waals surface area contributed by atoms with E-state index in [-0.39, 0.29) is 18.0 Å². The van der Waals surface area contributed by atoms with E-state index >= 15 is 0 Å². The number of rotatable bonds is 3. The van der Waals surface area contributed by atoms with Crippen LogP contribution in [-0.4, -0.2) is 20.3 Å². The van der Waals surface area contributed by atoms with Crippen LogP contribution in [-0.2, 0) is 6.54 Å². The molecular formula is C14H12N2O5. The molecule has 0 bridgehead atoms. The van der Waals surface area contributed by atoms with Crippen LogP contribution < -0.4 is 11.1 Å². The highest BCUT2D eigenvalue weighted by Gasteiger charge is 2.11. The lowest BCUT2D eigenvalue weighted by molar-refractivity contribution is 0.365. The van der Waals surface area contributed by atoms with E-state index in [9.17, 15) is 20.1 Å². The van der Waals surface area contributed by atoms with Crippen molar-refractivity contribution in [2.24, 2.45) is 0 Å². The average molecular weight is 288 g/mol. The van der Waals surface area contributed by atoms with Crippen LogP contribution in [0.3, 0.4) is 0 Å². The maximum atomic E-state index is 11.1.